The minimum atomic E-state index is 0.0375. The van der Waals surface area contributed by atoms with Gasteiger partial charge in [0.25, 0.3) is 0 Å². The van der Waals surface area contributed by atoms with Gasteiger partial charge in [-0.2, -0.15) is 0 Å². The van der Waals surface area contributed by atoms with E-state index < -0.39 is 0 Å². The molecule has 1 heterocycles. The molecule has 0 radical (unpaired) electrons. The summed E-state index contributed by atoms with van der Waals surface area (Å²) in [5.41, 5.74) is 1.15. The lowest BCUT2D eigenvalue weighted by Crippen LogP contribution is -2.37. The summed E-state index contributed by atoms with van der Waals surface area (Å²) in [7, 11) is 0. The molecule has 1 aromatic rings. The van der Waals surface area contributed by atoms with Crippen molar-refractivity contribution in [1.82, 2.24) is 15.6 Å². The molecule has 0 aliphatic rings. The molecular weight excluding hydrogens is 178 g/mol. The Labute approximate surface area is 84.1 Å². The van der Waals surface area contributed by atoms with E-state index in [1.165, 1.54) is 0 Å². The fourth-order valence-electron chi connectivity index (χ4n) is 1.16. The van der Waals surface area contributed by atoms with Gasteiger partial charge in [0.15, 0.2) is 0 Å². The highest BCUT2D eigenvalue weighted by atomic mass is 16.1. The summed E-state index contributed by atoms with van der Waals surface area (Å²) < 4.78 is 0. The number of hydrogen-bond donors (Lipinski definition) is 3. The fraction of sp³-hybridized carbons (Fsp3) is 0.500. The molecule has 0 aliphatic heterocycles. The van der Waals surface area contributed by atoms with Gasteiger partial charge in [0.2, 0.25) is 5.91 Å². The first-order valence-electron chi connectivity index (χ1n) is 4.80. The molecule has 0 unspecified atom stereocenters. The molecule has 0 aromatic carbocycles. The summed E-state index contributed by atoms with van der Waals surface area (Å²) in [4.78, 5) is 14.2. The average molecular weight is 195 g/mol. The van der Waals surface area contributed by atoms with Crippen molar-refractivity contribution in [3.8, 4) is 0 Å². The summed E-state index contributed by atoms with van der Waals surface area (Å²) in [5, 5.41) is 5.87. The Bertz CT molecular complexity index is 267. The molecule has 0 spiro atoms. The van der Waals surface area contributed by atoms with Crippen LogP contribution in [0.25, 0.3) is 0 Å². The number of aromatic nitrogens is 1. The van der Waals surface area contributed by atoms with E-state index in [0.29, 0.717) is 6.54 Å². The zero-order valence-electron chi connectivity index (χ0n) is 8.63. The minimum absolute atomic E-state index is 0.0375. The third-order valence-electron chi connectivity index (χ3n) is 1.73. The number of aromatic amines is 1. The maximum absolute atomic E-state index is 11.2. The van der Waals surface area contributed by atoms with Crippen LogP contribution in [0.15, 0.2) is 18.5 Å². The van der Waals surface area contributed by atoms with Crippen LogP contribution in [0.1, 0.15) is 19.4 Å². The van der Waals surface area contributed by atoms with Gasteiger partial charge >= 0.3 is 0 Å². The third-order valence-corrected chi connectivity index (χ3v) is 1.73. The number of amides is 1. The second kappa shape index (κ2) is 5.44. The van der Waals surface area contributed by atoms with Gasteiger partial charge in [0.05, 0.1) is 6.54 Å². The van der Waals surface area contributed by atoms with E-state index in [4.69, 9.17) is 0 Å². The summed E-state index contributed by atoms with van der Waals surface area (Å²) in [6, 6.07) is 2.18. The number of hydrogen-bond acceptors (Lipinski definition) is 2. The van der Waals surface area contributed by atoms with Crippen molar-refractivity contribution < 1.29 is 4.79 Å². The Morgan fingerprint density at radius 3 is 2.93 bits per heavy atom. The lowest BCUT2D eigenvalue weighted by molar-refractivity contribution is -0.120. The van der Waals surface area contributed by atoms with Crippen molar-refractivity contribution in [2.75, 3.05) is 6.54 Å². The monoisotopic (exact) mass is 195 g/mol. The molecule has 14 heavy (non-hydrogen) atoms. The molecule has 0 bridgehead atoms. The minimum Gasteiger partial charge on any atom is -0.367 e. The number of H-pyrrole nitrogens is 1. The van der Waals surface area contributed by atoms with Crippen molar-refractivity contribution in [2.24, 2.45) is 0 Å². The Morgan fingerprint density at radius 1 is 1.57 bits per heavy atom. The summed E-state index contributed by atoms with van der Waals surface area (Å²) in [6.07, 6.45) is 3.78. The largest absolute Gasteiger partial charge is 0.367 e. The maximum Gasteiger partial charge on any atom is 0.234 e. The van der Waals surface area contributed by atoms with E-state index in [2.05, 4.69) is 15.6 Å². The number of carbonyl (C=O) groups excluding carboxylic acids is 1. The Morgan fingerprint density at radius 2 is 2.36 bits per heavy atom. The van der Waals surface area contributed by atoms with Crippen molar-refractivity contribution in [1.29, 1.82) is 0 Å². The highest BCUT2D eigenvalue weighted by Crippen LogP contribution is 1.94. The Balaban J connectivity index is 2.12. The van der Waals surface area contributed by atoms with Crippen molar-refractivity contribution >= 4 is 5.91 Å². The Hall–Kier alpha value is -1.29. The molecule has 0 aliphatic carbocycles. The van der Waals surface area contributed by atoms with E-state index >= 15 is 0 Å². The number of carbonyl (C=O) groups is 1. The van der Waals surface area contributed by atoms with E-state index in [-0.39, 0.29) is 11.9 Å². The van der Waals surface area contributed by atoms with Gasteiger partial charge < -0.3 is 15.6 Å². The number of rotatable bonds is 5. The first-order valence-corrected chi connectivity index (χ1v) is 4.80. The van der Waals surface area contributed by atoms with E-state index in [0.717, 1.165) is 12.1 Å². The van der Waals surface area contributed by atoms with Gasteiger partial charge in [-0.05, 0) is 25.5 Å². The van der Waals surface area contributed by atoms with Crippen LogP contribution in [-0.2, 0) is 11.3 Å². The Kier molecular flexibility index (Phi) is 4.19. The zero-order valence-corrected chi connectivity index (χ0v) is 8.63. The summed E-state index contributed by atoms with van der Waals surface area (Å²) >= 11 is 0. The van der Waals surface area contributed by atoms with Crippen LogP contribution >= 0.6 is 0 Å². The second-order valence-electron chi connectivity index (χ2n) is 3.55. The lowest BCUT2D eigenvalue weighted by Gasteiger charge is -2.08. The highest BCUT2D eigenvalue weighted by Gasteiger charge is 2.01. The predicted octanol–water partition coefficient (Wildman–Crippen LogP) is 0.629. The first-order chi connectivity index (χ1) is 6.68. The van der Waals surface area contributed by atoms with Crippen molar-refractivity contribution in [3.63, 3.8) is 0 Å². The highest BCUT2D eigenvalue weighted by molar-refractivity contribution is 5.78. The third kappa shape index (κ3) is 4.09. The molecule has 0 fully saturated rings. The van der Waals surface area contributed by atoms with Gasteiger partial charge in [-0.25, -0.2) is 0 Å². The molecule has 0 saturated heterocycles. The first kappa shape index (κ1) is 10.8. The van der Waals surface area contributed by atoms with Crippen LogP contribution < -0.4 is 10.6 Å². The van der Waals surface area contributed by atoms with Gasteiger partial charge in [-0.3, -0.25) is 4.79 Å². The van der Waals surface area contributed by atoms with Gasteiger partial charge in [-0.15, -0.1) is 0 Å². The molecule has 0 atom stereocenters. The normalized spacial score (nSPS) is 10.5. The molecule has 4 heteroatoms. The standard InChI is InChI=1S/C10H17N3O/c1-8(2)13-10(14)7-12-6-9-3-4-11-5-9/h3-5,8,11-12H,6-7H2,1-2H3,(H,13,14). The van der Waals surface area contributed by atoms with Gasteiger partial charge in [0.1, 0.15) is 0 Å². The van der Waals surface area contributed by atoms with Crippen LogP contribution in [-0.4, -0.2) is 23.5 Å². The van der Waals surface area contributed by atoms with E-state index in [1.807, 2.05) is 32.3 Å². The van der Waals surface area contributed by atoms with Crippen LogP contribution in [0.5, 0.6) is 0 Å². The average Bonchev–Trinajstić information content (AvgIpc) is 2.55. The van der Waals surface area contributed by atoms with Gasteiger partial charge in [-0.1, -0.05) is 0 Å². The van der Waals surface area contributed by atoms with Crippen molar-refractivity contribution in [3.05, 3.63) is 24.0 Å². The fourth-order valence-corrected chi connectivity index (χ4v) is 1.16. The second-order valence-corrected chi connectivity index (χ2v) is 3.55. The molecule has 0 saturated carbocycles. The topological polar surface area (TPSA) is 56.9 Å². The van der Waals surface area contributed by atoms with Crippen LogP contribution in [0.2, 0.25) is 0 Å². The molecule has 78 valence electrons. The van der Waals surface area contributed by atoms with E-state index in [1.54, 1.807) is 0 Å². The number of nitrogens with one attached hydrogen (secondary N) is 3. The maximum atomic E-state index is 11.2. The molecule has 1 aromatic heterocycles. The van der Waals surface area contributed by atoms with Gasteiger partial charge in [0, 0.05) is 25.0 Å². The molecule has 4 nitrogen and oxygen atoms in total. The zero-order chi connectivity index (χ0) is 10.4. The summed E-state index contributed by atoms with van der Waals surface area (Å²) in [5.74, 6) is 0.0375. The predicted molar refractivity (Wildman–Crippen MR) is 55.8 cm³/mol. The quantitative estimate of drug-likeness (QED) is 0.645. The van der Waals surface area contributed by atoms with Crippen molar-refractivity contribution in [2.45, 2.75) is 26.4 Å². The van der Waals surface area contributed by atoms with E-state index in [9.17, 15) is 4.79 Å². The molecule has 1 amide bonds. The molecular formula is C10H17N3O. The van der Waals surface area contributed by atoms with Crippen LogP contribution in [0, 0.1) is 0 Å². The molecule has 3 N–H and O–H groups in total. The molecule has 1 rings (SSSR count). The lowest BCUT2D eigenvalue weighted by atomic mass is 10.3. The summed E-state index contributed by atoms with van der Waals surface area (Å²) in [6.45, 7) is 4.98. The SMILES string of the molecule is CC(C)NC(=O)CNCc1cc[nH]c1. The van der Waals surface area contributed by atoms with Crippen LogP contribution in [0.3, 0.4) is 0 Å². The smallest absolute Gasteiger partial charge is 0.234 e. The van der Waals surface area contributed by atoms with Crippen LogP contribution in [0.4, 0.5) is 0 Å².